The number of H-pyrrole nitrogens is 1. The van der Waals surface area contributed by atoms with Crippen molar-refractivity contribution < 1.29 is 9.59 Å². The van der Waals surface area contributed by atoms with Gasteiger partial charge in [-0.15, -0.1) is 0 Å². The van der Waals surface area contributed by atoms with Gasteiger partial charge in [0.2, 0.25) is 0 Å². The summed E-state index contributed by atoms with van der Waals surface area (Å²) >= 11 is 4.90. The Balaban J connectivity index is 3.35. The Bertz CT molecular complexity index is 385. The lowest BCUT2D eigenvalue weighted by atomic mass is 10.2. The fourth-order valence-electron chi connectivity index (χ4n) is 0.923. The second-order valence-corrected chi connectivity index (χ2v) is 3.23. The number of pyridine rings is 1. The highest BCUT2D eigenvalue weighted by Crippen LogP contribution is 2.03. The van der Waals surface area contributed by atoms with Crippen LogP contribution in [0.25, 0.3) is 0 Å². The average Bonchev–Trinajstić information content (AvgIpc) is 2.03. The van der Waals surface area contributed by atoms with E-state index in [9.17, 15) is 9.59 Å². The van der Waals surface area contributed by atoms with Crippen LogP contribution < -0.4 is 0 Å². The third-order valence-electron chi connectivity index (χ3n) is 1.60. The summed E-state index contributed by atoms with van der Waals surface area (Å²) in [5.41, 5.74) is 0.746. The van der Waals surface area contributed by atoms with Crippen molar-refractivity contribution in [3.63, 3.8) is 0 Å². The minimum atomic E-state index is -0.130. The molecule has 0 aliphatic rings. The van der Waals surface area contributed by atoms with Crippen LogP contribution in [-0.4, -0.2) is 16.6 Å². The molecule has 4 heteroatoms. The number of hydrogen-bond acceptors (Lipinski definition) is 3. The number of hydrogen-bond donors (Lipinski definition) is 1. The van der Waals surface area contributed by atoms with Crippen LogP contribution in [0.1, 0.15) is 34.8 Å². The first-order valence-corrected chi connectivity index (χ1v) is 4.18. The Hall–Kier alpha value is -1.29. The van der Waals surface area contributed by atoms with Crippen molar-refractivity contribution in [2.75, 3.05) is 0 Å². The van der Waals surface area contributed by atoms with Crippen molar-refractivity contribution in [3.05, 3.63) is 28.0 Å². The predicted octanol–water partition coefficient (Wildman–Crippen LogP) is 2.15. The van der Waals surface area contributed by atoms with Crippen molar-refractivity contribution in [1.82, 2.24) is 4.98 Å². The zero-order chi connectivity index (χ0) is 10.0. The average molecular weight is 195 g/mol. The van der Waals surface area contributed by atoms with Crippen molar-refractivity contribution >= 4 is 23.8 Å². The van der Waals surface area contributed by atoms with Gasteiger partial charge in [0.1, 0.15) is 0 Å². The Labute approximate surface area is 80.8 Å². The van der Waals surface area contributed by atoms with Crippen molar-refractivity contribution in [1.29, 1.82) is 0 Å². The number of ketones is 2. The molecule has 1 N–H and O–H groups in total. The number of aromatic nitrogens is 1. The maximum atomic E-state index is 11.0. The van der Waals surface area contributed by atoms with Crippen LogP contribution >= 0.6 is 12.2 Å². The minimum absolute atomic E-state index is 0.130. The van der Waals surface area contributed by atoms with E-state index in [4.69, 9.17) is 12.2 Å². The highest BCUT2D eigenvalue weighted by molar-refractivity contribution is 7.71. The van der Waals surface area contributed by atoms with Gasteiger partial charge < -0.3 is 4.98 Å². The maximum Gasteiger partial charge on any atom is 0.175 e. The molecule has 1 heterocycles. The zero-order valence-electron chi connectivity index (χ0n) is 7.38. The standard InChI is InChI=1S/C9H9NO2S/c1-5(11)8-3-7(13)4-9(10-8)6(2)12/h3-4H,1-2H3,(H,10,13). The summed E-state index contributed by atoms with van der Waals surface area (Å²) in [5.74, 6) is -0.261. The summed E-state index contributed by atoms with van der Waals surface area (Å²) in [6.07, 6.45) is 0. The molecule has 0 saturated heterocycles. The summed E-state index contributed by atoms with van der Waals surface area (Å²) in [6.45, 7) is 2.84. The van der Waals surface area contributed by atoms with Gasteiger partial charge in [-0.05, 0) is 12.1 Å². The molecule has 1 rings (SSSR count). The highest BCUT2D eigenvalue weighted by Gasteiger charge is 2.04. The summed E-state index contributed by atoms with van der Waals surface area (Å²) < 4.78 is 0.495. The quantitative estimate of drug-likeness (QED) is 0.581. The fraction of sp³-hybridized carbons (Fsp3) is 0.222. The largest absolute Gasteiger partial charge is 0.350 e. The van der Waals surface area contributed by atoms with Gasteiger partial charge in [-0.1, -0.05) is 12.2 Å². The number of Topliss-reactive ketones (excluding diaryl/α,β-unsaturated/α-hetero) is 2. The summed E-state index contributed by atoms with van der Waals surface area (Å²) in [7, 11) is 0. The van der Waals surface area contributed by atoms with Crippen molar-refractivity contribution in [2.24, 2.45) is 0 Å². The van der Waals surface area contributed by atoms with E-state index in [1.165, 1.54) is 13.8 Å². The molecule has 0 unspecified atom stereocenters. The molecule has 1 aromatic rings. The molecule has 0 bridgehead atoms. The third-order valence-corrected chi connectivity index (χ3v) is 1.84. The minimum Gasteiger partial charge on any atom is -0.350 e. The van der Waals surface area contributed by atoms with Crippen LogP contribution in [0.3, 0.4) is 0 Å². The van der Waals surface area contributed by atoms with Gasteiger partial charge in [0.25, 0.3) is 0 Å². The normalized spacial score (nSPS) is 9.69. The number of nitrogens with one attached hydrogen (secondary N) is 1. The molecule has 0 aromatic carbocycles. The van der Waals surface area contributed by atoms with Gasteiger partial charge >= 0.3 is 0 Å². The molecule has 0 aliphatic heterocycles. The lowest BCUT2D eigenvalue weighted by Gasteiger charge is -1.99. The highest BCUT2D eigenvalue weighted by atomic mass is 32.1. The molecule has 0 aliphatic carbocycles. The van der Waals surface area contributed by atoms with Crippen LogP contribution in [0, 0.1) is 4.51 Å². The first kappa shape index (κ1) is 9.80. The fourth-order valence-corrected chi connectivity index (χ4v) is 1.16. The van der Waals surface area contributed by atoms with E-state index in [1.807, 2.05) is 0 Å². The molecule has 68 valence electrons. The predicted molar refractivity (Wildman–Crippen MR) is 51.6 cm³/mol. The number of aromatic amines is 1. The summed E-state index contributed by atoms with van der Waals surface area (Å²) in [6, 6.07) is 3.09. The van der Waals surface area contributed by atoms with E-state index in [1.54, 1.807) is 12.1 Å². The Morgan fingerprint density at radius 2 is 1.54 bits per heavy atom. The Morgan fingerprint density at radius 1 is 1.15 bits per heavy atom. The molecule has 0 amide bonds. The van der Waals surface area contributed by atoms with Crippen LogP contribution in [0.5, 0.6) is 0 Å². The molecule has 0 saturated carbocycles. The lowest BCUT2D eigenvalue weighted by molar-refractivity contribution is 0.101. The van der Waals surface area contributed by atoms with Gasteiger partial charge in [-0.2, -0.15) is 0 Å². The molecule has 0 spiro atoms. The third kappa shape index (κ3) is 2.32. The smallest absolute Gasteiger partial charge is 0.175 e. The van der Waals surface area contributed by atoms with Crippen LogP contribution in [0.4, 0.5) is 0 Å². The van der Waals surface area contributed by atoms with Gasteiger partial charge in [-0.25, -0.2) is 0 Å². The Morgan fingerprint density at radius 3 is 1.85 bits per heavy atom. The zero-order valence-corrected chi connectivity index (χ0v) is 8.20. The summed E-state index contributed by atoms with van der Waals surface area (Å²) in [5, 5.41) is 0. The van der Waals surface area contributed by atoms with E-state index in [0.29, 0.717) is 15.9 Å². The van der Waals surface area contributed by atoms with Crippen LogP contribution in [0.15, 0.2) is 12.1 Å². The first-order chi connectivity index (χ1) is 6.00. The molecule has 1 aromatic heterocycles. The molecule has 0 fully saturated rings. The van der Waals surface area contributed by atoms with E-state index in [2.05, 4.69) is 4.98 Å². The second kappa shape index (κ2) is 3.62. The van der Waals surface area contributed by atoms with Gasteiger partial charge in [-0.3, -0.25) is 9.59 Å². The molecule has 13 heavy (non-hydrogen) atoms. The van der Waals surface area contributed by atoms with E-state index >= 15 is 0 Å². The molecule has 0 radical (unpaired) electrons. The molecule has 3 nitrogen and oxygen atoms in total. The number of carbonyl (C=O) groups is 2. The Kier molecular flexibility index (Phi) is 2.72. The molecule has 0 atom stereocenters. The molecular formula is C9H9NO2S. The SMILES string of the molecule is CC(=O)c1cc(=S)cc(C(C)=O)[nH]1. The van der Waals surface area contributed by atoms with Crippen LogP contribution in [0.2, 0.25) is 0 Å². The number of carbonyl (C=O) groups excluding carboxylic acids is 2. The van der Waals surface area contributed by atoms with E-state index in [0.717, 1.165) is 0 Å². The van der Waals surface area contributed by atoms with E-state index in [-0.39, 0.29) is 11.6 Å². The van der Waals surface area contributed by atoms with Gasteiger partial charge in [0, 0.05) is 18.4 Å². The second-order valence-electron chi connectivity index (χ2n) is 2.76. The lowest BCUT2D eigenvalue weighted by Crippen LogP contribution is -2.03. The van der Waals surface area contributed by atoms with Crippen molar-refractivity contribution in [3.8, 4) is 0 Å². The number of rotatable bonds is 2. The summed E-state index contributed by atoms with van der Waals surface area (Å²) in [4.78, 5) is 24.7. The van der Waals surface area contributed by atoms with Crippen LogP contribution in [-0.2, 0) is 0 Å². The van der Waals surface area contributed by atoms with Gasteiger partial charge in [0.05, 0.1) is 11.4 Å². The first-order valence-electron chi connectivity index (χ1n) is 3.77. The maximum absolute atomic E-state index is 11.0. The molecular weight excluding hydrogens is 186 g/mol. The van der Waals surface area contributed by atoms with Crippen molar-refractivity contribution in [2.45, 2.75) is 13.8 Å². The monoisotopic (exact) mass is 195 g/mol. The van der Waals surface area contributed by atoms with E-state index < -0.39 is 0 Å². The topological polar surface area (TPSA) is 49.9 Å². The van der Waals surface area contributed by atoms with Gasteiger partial charge in [0.15, 0.2) is 11.6 Å².